The second-order valence-electron chi connectivity index (χ2n) is 7.50. The first kappa shape index (κ1) is 17.2. The zero-order valence-electron chi connectivity index (χ0n) is 14.8. The molecule has 1 heterocycles. The molecular weight excluding hydrogens is 334 g/mol. The van der Waals surface area contributed by atoms with E-state index in [4.69, 9.17) is 0 Å². The summed E-state index contributed by atoms with van der Waals surface area (Å²) < 4.78 is 17.1. The molecule has 2 aromatic rings. The fourth-order valence-corrected chi connectivity index (χ4v) is 6.71. The van der Waals surface area contributed by atoms with Crippen LogP contribution in [0, 0.1) is 12.7 Å². The van der Waals surface area contributed by atoms with Crippen LogP contribution in [0.3, 0.4) is 0 Å². The molecule has 3 heteroatoms. The number of aryl methyl sites for hydroxylation is 2. The Bertz CT molecular complexity index is 699. The molecule has 0 amide bonds. The zero-order chi connectivity index (χ0) is 16.7. The maximum absolute atomic E-state index is 13.4. The monoisotopic (exact) mass is 362 g/mol. The van der Waals surface area contributed by atoms with E-state index in [0.717, 1.165) is 11.1 Å². The summed E-state index contributed by atoms with van der Waals surface area (Å²) in [6.07, 6.45) is 2.27. The van der Waals surface area contributed by atoms with E-state index in [9.17, 15) is 4.39 Å². The fourth-order valence-electron chi connectivity index (χ4n) is 2.96. The van der Waals surface area contributed by atoms with Gasteiger partial charge < -0.3 is 0 Å². The van der Waals surface area contributed by atoms with Gasteiger partial charge in [-0.05, 0) is 0 Å². The average molecular weight is 361 g/mol. The zero-order valence-corrected chi connectivity index (χ0v) is 16.9. The predicted molar refractivity (Wildman–Crippen MR) is 94.8 cm³/mol. The van der Waals surface area contributed by atoms with Crippen molar-refractivity contribution in [2.75, 3.05) is 0 Å². The van der Waals surface area contributed by atoms with Crippen LogP contribution in [0.5, 0.6) is 0 Å². The van der Waals surface area contributed by atoms with Gasteiger partial charge in [-0.2, -0.15) is 0 Å². The van der Waals surface area contributed by atoms with Gasteiger partial charge in [0.25, 0.3) is 0 Å². The van der Waals surface area contributed by atoms with Gasteiger partial charge in [0.15, 0.2) is 0 Å². The molecular formula is C19H27FGeN+. The Morgan fingerprint density at radius 1 is 1.09 bits per heavy atom. The summed E-state index contributed by atoms with van der Waals surface area (Å²) in [6.45, 7) is 6.50. The molecule has 0 radical (unpaired) electrons. The van der Waals surface area contributed by atoms with Crippen molar-refractivity contribution in [1.29, 1.82) is 0 Å². The van der Waals surface area contributed by atoms with E-state index in [-0.39, 0.29) is 5.82 Å². The van der Waals surface area contributed by atoms with Gasteiger partial charge in [-0.3, -0.25) is 0 Å². The Morgan fingerprint density at radius 2 is 1.73 bits per heavy atom. The van der Waals surface area contributed by atoms with Crippen LogP contribution in [-0.2, 0) is 7.05 Å². The standard InChI is InChI=1S/C19H27FGeN/c1-13(2)17-12-22(7)19(11-18(17)21(4,5)6)16-9-8-15(20)10-14(16)3/h8-13H,1-7H3/q+1. The van der Waals surface area contributed by atoms with Crippen LogP contribution in [-0.4, -0.2) is 13.3 Å². The number of rotatable bonds is 3. The van der Waals surface area contributed by atoms with Crippen LogP contribution in [0.2, 0.25) is 17.3 Å². The number of hydrogen-bond donors (Lipinski definition) is 0. The molecule has 1 aromatic carbocycles. The van der Waals surface area contributed by atoms with E-state index >= 15 is 0 Å². The quantitative estimate of drug-likeness (QED) is 0.567. The van der Waals surface area contributed by atoms with Gasteiger partial charge in [0.05, 0.1) is 0 Å². The number of benzene rings is 1. The summed E-state index contributed by atoms with van der Waals surface area (Å²) in [6, 6.07) is 7.42. The Hall–Kier alpha value is -1.16. The van der Waals surface area contributed by atoms with Crippen LogP contribution in [0.4, 0.5) is 4.39 Å². The van der Waals surface area contributed by atoms with Crippen molar-refractivity contribution < 1.29 is 8.96 Å². The van der Waals surface area contributed by atoms with Gasteiger partial charge in [0, 0.05) is 0 Å². The van der Waals surface area contributed by atoms with Gasteiger partial charge in [0.1, 0.15) is 0 Å². The van der Waals surface area contributed by atoms with Crippen LogP contribution in [0.15, 0.2) is 30.5 Å². The van der Waals surface area contributed by atoms with Crippen molar-refractivity contribution in [3.63, 3.8) is 0 Å². The van der Waals surface area contributed by atoms with E-state index < -0.39 is 13.3 Å². The third-order valence-corrected chi connectivity index (χ3v) is 8.50. The molecule has 2 rings (SSSR count). The topological polar surface area (TPSA) is 3.88 Å². The normalized spacial score (nSPS) is 12.0. The van der Waals surface area contributed by atoms with Gasteiger partial charge in [-0.1, -0.05) is 0 Å². The molecule has 0 aliphatic rings. The molecule has 118 valence electrons. The molecule has 0 N–H and O–H groups in total. The Labute approximate surface area is 136 Å². The molecule has 0 aliphatic heterocycles. The van der Waals surface area contributed by atoms with Gasteiger partial charge >= 0.3 is 136 Å². The summed E-state index contributed by atoms with van der Waals surface area (Å²) in [7, 11) is 2.09. The molecule has 0 atom stereocenters. The van der Waals surface area contributed by atoms with Crippen molar-refractivity contribution in [2.24, 2.45) is 7.05 Å². The van der Waals surface area contributed by atoms with E-state index in [0.29, 0.717) is 5.92 Å². The van der Waals surface area contributed by atoms with Crippen LogP contribution < -0.4 is 8.96 Å². The molecule has 0 aliphatic carbocycles. The summed E-state index contributed by atoms with van der Waals surface area (Å²) in [5.41, 5.74) is 4.74. The number of nitrogens with zero attached hydrogens (tertiary/aromatic N) is 1. The summed E-state index contributed by atoms with van der Waals surface area (Å²) in [4.78, 5) is 0. The van der Waals surface area contributed by atoms with E-state index in [1.807, 2.05) is 13.0 Å². The number of hydrogen-bond acceptors (Lipinski definition) is 0. The molecule has 22 heavy (non-hydrogen) atoms. The molecule has 0 spiro atoms. The van der Waals surface area contributed by atoms with E-state index in [1.54, 1.807) is 16.5 Å². The maximum atomic E-state index is 13.4. The molecule has 0 bridgehead atoms. The Morgan fingerprint density at radius 3 is 2.23 bits per heavy atom. The third kappa shape index (κ3) is 3.43. The van der Waals surface area contributed by atoms with Crippen molar-refractivity contribution in [2.45, 2.75) is 44.0 Å². The molecule has 1 nitrogen and oxygen atoms in total. The first-order valence-corrected chi connectivity index (χ1v) is 15.3. The van der Waals surface area contributed by atoms with Crippen molar-refractivity contribution in [3.05, 3.63) is 47.4 Å². The van der Waals surface area contributed by atoms with Crippen molar-refractivity contribution in [1.82, 2.24) is 0 Å². The molecule has 0 fully saturated rings. The van der Waals surface area contributed by atoms with Gasteiger partial charge in [-0.15, -0.1) is 0 Å². The van der Waals surface area contributed by atoms with Crippen molar-refractivity contribution >= 4 is 17.7 Å². The second-order valence-corrected chi connectivity index (χ2v) is 18.1. The number of pyridine rings is 1. The summed E-state index contributed by atoms with van der Waals surface area (Å²) >= 11 is -1.98. The van der Waals surface area contributed by atoms with E-state index in [2.05, 4.69) is 55.0 Å². The average Bonchev–Trinajstić information content (AvgIpc) is 2.37. The molecule has 0 saturated carbocycles. The van der Waals surface area contributed by atoms with Crippen LogP contribution >= 0.6 is 0 Å². The predicted octanol–water partition coefficient (Wildman–Crippen LogP) is 4.29. The first-order valence-electron chi connectivity index (χ1n) is 7.92. The number of halogens is 1. The molecule has 1 aromatic heterocycles. The summed E-state index contributed by atoms with van der Waals surface area (Å²) in [5, 5.41) is 0. The minimum atomic E-state index is -1.98. The molecule has 0 saturated heterocycles. The second kappa shape index (κ2) is 6.15. The number of aromatic nitrogens is 1. The Balaban J connectivity index is 2.73. The fraction of sp³-hybridized carbons (Fsp3) is 0.421. The first-order chi connectivity index (χ1) is 10.1. The van der Waals surface area contributed by atoms with E-state index in [1.165, 1.54) is 11.3 Å². The third-order valence-electron chi connectivity index (χ3n) is 4.20. The minimum absolute atomic E-state index is 0.170. The van der Waals surface area contributed by atoms with Crippen LogP contribution in [0.1, 0.15) is 30.9 Å². The summed E-state index contributed by atoms with van der Waals surface area (Å²) in [5.74, 6) is 7.65. The van der Waals surface area contributed by atoms with Gasteiger partial charge in [0.2, 0.25) is 0 Å². The van der Waals surface area contributed by atoms with Gasteiger partial charge in [-0.25, -0.2) is 0 Å². The van der Waals surface area contributed by atoms with Crippen molar-refractivity contribution in [3.8, 4) is 11.3 Å². The van der Waals surface area contributed by atoms with Crippen LogP contribution in [0.25, 0.3) is 11.3 Å². The SMILES string of the molecule is Cc1cc(F)ccc1-c1c[c]([Ge]([CH3])([CH3])[CH3])c(C(C)C)c[n+]1C. The molecule has 0 unspecified atom stereocenters. The Kier molecular flexibility index (Phi) is 4.81.